The molecule has 46 heavy (non-hydrogen) atoms. The van der Waals surface area contributed by atoms with Crippen molar-refractivity contribution >= 4 is 60.5 Å². The molecule has 0 spiro atoms. The lowest BCUT2D eigenvalue weighted by molar-refractivity contribution is 0.672. The second-order valence-electron chi connectivity index (χ2n) is 11.8. The molecule has 0 N–H and O–H groups in total. The Labute approximate surface area is 267 Å². The molecule has 0 aliphatic heterocycles. The Hall–Kier alpha value is -6.12. The zero-order valence-corrected chi connectivity index (χ0v) is 25.1. The topological polar surface area (TPSA) is 16.4 Å². The van der Waals surface area contributed by atoms with E-state index in [1.54, 1.807) is 0 Å². The minimum absolute atomic E-state index is 0.877. The second kappa shape index (κ2) is 10.8. The van der Waals surface area contributed by atoms with E-state index in [1.165, 1.54) is 38.4 Å². The van der Waals surface area contributed by atoms with Crippen LogP contribution in [0.2, 0.25) is 0 Å². The van der Waals surface area contributed by atoms with Crippen LogP contribution in [0.4, 0.5) is 17.1 Å². The monoisotopic (exact) mass is 587 g/mol. The standard InChI is InChI=1S/C44H29NO/c1-2-8-30(9-3-1)32-16-21-37(22-17-32)45(38-23-18-33(19-24-38)36-15-14-31-10-4-5-12-35(31)28-36)39-25-27-41-42-26-20-34-11-6-7-13-40(34)44(42)46-43(41)29-39/h1-29H. The molecule has 9 aromatic rings. The van der Waals surface area contributed by atoms with Crippen LogP contribution in [0.25, 0.3) is 65.7 Å². The lowest BCUT2D eigenvalue weighted by atomic mass is 10.0. The van der Waals surface area contributed by atoms with E-state index < -0.39 is 0 Å². The van der Waals surface area contributed by atoms with E-state index in [-0.39, 0.29) is 0 Å². The molecule has 0 aliphatic rings. The molecular weight excluding hydrogens is 558 g/mol. The highest BCUT2D eigenvalue weighted by Crippen LogP contribution is 2.41. The number of benzene rings is 8. The highest BCUT2D eigenvalue weighted by atomic mass is 16.3. The zero-order valence-electron chi connectivity index (χ0n) is 25.1. The Bertz CT molecular complexity index is 2510. The third-order valence-corrected chi connectivity index (χ3v) is 9.05. The number of furan rings is 1. The first-order valence-electron chi connectivity index (χ1n) is 15.7. The molecule has 216 valence electrons. The first kappa shape index (κ1) is 26.3. The molecule has 9 rings (SSSR count). The van der Waals surface area contributed by atoms with Gasteiger partial charge < -0.3 is 9.32 Å². The number of rotatable bonds is 5. The highest BCUT2D eigenvalue weighted by Gasteiger charge is 2.17. The van der Waals surface area contributed by atoms with Crippen LogP contribution in [0.3, 0.4) is 0 Å². The van der Waals surface area contributed by atoms with Gasteiger partial charge in [0.05, 0.1) is 0 Å². The number of anilines is 3. The Morgan fingerprint density at radius 1 is 0.326 bits per heavy atom. The third-order valence-electron chi connectivity index (χ3n) is 9.05. The maximum atomic E-state index is 6.59. The van der Waals surface area contributed by atoms with Gasteiger partial charge in [-0.25, -0.2) is 0 Å². The quantitative estimate of drug-likeness (QED) is 0.199. The fourth-order valence-electron chi connectivity index (χ4n) is 6.68. The van der Waals surface area contributed by atoms with Crippen molar-refractivity contribution in [3.05, 3.63) is 176 Å². The maximum Gasteiger partial charge on any atom is 0.143 e. The van der Waals surface area contributed by atoms with Crippen molar-refractivity contribution in [3.8, 4) is 22.3 Å². The second-order valence-corrected chi connectivity index (χ2v) is 11.8. The van der Waals surface area contributed by atoms with Crippen LogP contribution < -0.4 is 4.90 Å². The molecular formula is C44H29NO. The maximum absolute atomic E-state index is 6.59. The van der Waals surface area contributed by atoms with E-state index in [0.29, 0.717) is 0 Å². The van der Waals surface area contributed by atoms with Crippen molar-refractivity contribution in [1.29, 1.82) is 0 Å². The van der Waals surface area contributed by atoms with Crippen molar-refractivity contribution in [1.82, 2.24) is 0 Å². The van der Waals surface area contributed by atoms with Crippen molar-refractivity contribution in [2.75, 3.05) is 4.90 Å². The van der Waals surface area contributed by atoms with Gasteiger partial charge in [-0.1, -0.05) is 121 Å². The predicted molar refractivity (Wildman–Crippen MR) is 194 cm³/mol. The number of hydrogen-bond acceptors (Lipinski definition) is 2. The molecule has 2 heteroatoms. The van der Waals surface area contributed by atoms with Crippen molar-refractivity contribution in [2.45, 2.75) is 0 Å². The van der Waals surface area contributed by atoms with Gasteiger partial charge in [-0.15, -0.1) is 0 Å². The molecule has 0 unspecified atom stereocenters. The van der Waals surface area contributed by atoms with Crippen LogP contribution in [0.1, 0.15) is 0 Å². The van der Waals surface area contributed by atoms with Gasteiger partial charge in [-0.2, -0.15) is 0 Å². The van der Waals surface area contributed by atoms with Crippen LogP contribution in [0.15, 0.2) is 180 Å². The summed E-state index contributed by atoms with van der Waals surface area (Å²) in [5.41, 5.74) is 9.81. The van der Waals surface area contributed by atoms with Gasteiger partial charge in [-0.3, -0.25) is 0 Å². The van der Waals surface area contributed by atoms with Gasteiger partial charge in [0.25, 0.3) is 0 Å². The molecule has 1 heterocycles. The van der Waals surface area contributed by atoms with Gasteiger partial charge in [0.15, 0.2) is 0 Å². The Balaban J connectivity index is 1.16. The van der Waals surface area contributed by atoms with E-state index in [9.17, 15) is 0 Å². The average molecular weight is 588 g/mol. The fraction of sp³-hybridized carbons (Fsp3) is 0. The normalized spacial score (nSPS) is 11.5. The van der Waals surface area contributed by atoms with Crippen LogP contribution in [-0.4, -0.2) is 0 Å². The van der Waals surface area contributed by atoms with Crippen LogP contribution >= 0.6 is 0 Å². The fourth-order valence-corrected chi connectivity index (χ4v) is 6.68. The van der Waals surface area contributed by atoms with E-state index in [4.69, 9.17) is 4.42 Å². The van der Waals surface area contributed by atoms with Gasteiger partial charge >= 0.3 is 0 Å². The summed E-state index contributed by atoms with van der Waals surface area (Å²) in [6.07, 6.45) is 0. The zero-order chi connectivity index (χ0) is 30.5. The smallest absolute Gasteiger partial charge is 0.143 e. The summed E-state index contributed by atoms with van der Waals surface area (Å²) >= 11 is 0. The molecule has 0 bridgehead atoms. The largest absolute Gasteiger partial charge is 0.455 e. The molecule has 0 atom stereocenters. The minimum atomic E-state index is 0.877. The van der Waals surface area contributed by atoms with E-state index in [1.807, 2.05) is 0 Å². The van der Waals surface area contributed by atoms with Gasteiger partial charge in [0.1, 0.15) is 11.2 Å². The molecule has 0 saturated heterocycles. The van der Waals surface area contributed by atoms with E-state index in [0.717, 1.165) is 44.4 Å². The van der Waals surface area contributed by atoms with E-state index >= 15 is 0 Å². The highest BCUT2D eigenvalue weighted by molar-refractivity contribution is 6.15. The Kier molecular flexibility index (Phi) is 6.17. The SMILES string of the molecule is c1ccc(-c2ccc(N(c3ccc(-c4ccc5ccccc5c4)cc3)c3ccc4c(c3)oc3c5ccccc5ccc43)cc2)cc1. The molecule has 0 fully saturated rings. The summed E-state index contributed by atoms with van der Waals surface area (Å²) in [6, 6.07) is 62.7. The third kappa shape index (κ3) is 4.51. The summed E-state index contributed by atoms with van der Waals surface area (Å²) in [5, 5.41) is 7.07. The molecule has 0 radical (unpaired) electrons. The summed E-state index contributed by atoms with van der Waals surface area (Å²) in [5.74, 6) is 0. The number of nitrogens with zero attached hydrogens (tertiary/aromatic N) is 1. The van der Waals surface area contributed by atoms with Gasteiger partial charge in [-0.05, 0) is 86.9 Å². The van der Waals surface area contributed by atoms with Crippen molar-refractivity contribution in [3.63, 3.8) is 0 Å². The first-order chi connectivity index (χ1) is 22.8. The molecule has 0 amide bonds. The van der Waals surface area contributed by atoms with Gasteiger partial charge in [0, 0.05) is 39.3 Å². The Morgan fingerprint density at radius 2 is 0.870 bits per heavy atom. The molecule has 1 aromatic heterocycles. The Morgan fingerprint density at radius 3 is 1.63 bits per heavy atom. The average Bonchev–Trinajstić information content (AvgIpc) is 3.51. The lowest BCUT2D eigenvalue weighted by Gasteiger charge is -2.26. The number of hydrogen-bond donors (Lipinski definition) is 0. The lowest BCUT2D eigenvalue weighted by Crippen LogP contribution is -2.09. The first-order valence-corrected chi connectivity index (χ1v) is 15.7. The van der Waals surface area contributed by atoms with Crippen LogP contribution in [0, 0.1) is 0 Å². The molecule has 0 aliphatic carbocycles. The minimum Gasteiger partial charge on any atom is -0.455 e. The van der Waals surface area contributed by atoms with E-state index in [2.05, 4.69) is 181 Å². The van der Waals surface area contributed by atoms with Crippen LogP contribution in [-0.2, 0) is 0 Å². The van der Waals surface area contributed by atoms with Crippen molar-refractivity contribution < 1.29 is 4.42 Å². The summed E-state index contributed by atoms with van der Waals surface area (Å²) in [7, 11) is 0. The number of fused-ring (bicyclic) bond motifs is 6. The molecule has 0 saturated carbocycles. The van der Waals surface area contributed by atoms with Gasteiger partial charge in [0.2, 0.25) is 0 Å². The molecule has 2 nitrogen and oxygen atoms in total. The summed E-state index contributed by atoms with van der Waals surface area (Å²) < 4.78 is 6.59. The predicted octanol–water partition coefficient (Wildman–Crippen LogP) is 12.7. The summed E-state index contributed by atoms with van der Waals surface area (Å²) in [4.78, 5) is 2.31. The summed E-state index contributed by atoms with van der Waals surface area (Å²) in [6.45, 7) is 0. The van der Waals surface area contributed by atoms with Crippen molar-refractivity contribution in [2.24, 2.45) is 0 Å². The molecule has 8 aromatic carbocycles. The van der Waals surface area contributed by atoms with Crippen LogP contribution in [0.5, 0.6) is 0 Å².